The Morgan fingerprint density at radius 3 is 2.50 bits per heavy atom. The zero-order valence-corrected chi connectivity index (χ0v) is 15.9. The number of nitrogens with one attached hydrogen (secondary N) is 2. The minimum absolute atomic E-state index is 0.0738. The van der Waals surface area contributed by atoms with Crippen LogP contribution in [0.1, 0.15) is 39.3 Å². The molecule has 0 radical (unpaired) electrons. The Labute approximate surface area is 156 Å². The number of hydrogen-bond donors (Lipinski definition) is 2. The van der Waals surface area contributed by atoms with Crippen molar-refractivity contribution in [2.45, 2.75) is 33.7 Å². The Hall–Kier alpha value is -2.68. The molecule has 1 unspecified atom stereocenters. The van der Waals surface area contributed by atoms with E-state index in [0.717, 1.165) is 0 Å². The van der Waals surface area contributed by atoms with Crippen LogP contribution in [0.3, 0.4) is 0 Å². The van der Waals surface area contributed by atoms with Gasteiger partial charge in [0.1, 0.15) is 0 Å². The number of nitrogens with zero attached hydrogens (tertiary/aromatic N) is 1. The summed E-state index contributed by atoms with van der Waals surface area (Å²) in [4.78, 5) is 23.2. The molecule has 0 spiro atoms. The van der Waals surface area contributed by atoms with Gasteiger partial charge in [0, 0.05) is 17.3 Å². The van der Waals surface area contributed by atoms with Crippen LogP contribution in [0.5, 0.6) is 11.5 Å². The number of ketones is 1. The van der Waals surface area contributed by atoms with Crippen LogP contribution in [0.15, 0.2) is 23.4 Å². The summed E-state index contributed by atoms with van der Waals surface area (Å²) in [6.45, 7) is 7.26. The largest absolute Gasteiger partial charge is 0.490 e. The highest BCUT2D eigenvalue weighted by atomic mass is 32.1. The van der Waals surface area contributed by atoms with Crippen molar-refractivity contribution in [2.75, 3.05) is 13.2 Å². The minimum atomic E-state index is -0.616. The van der Waals surface area contributed by atoms with E-state index in [2.05, 4.69) is 10.6 Å². The molecule has 0 saturated heterocycles. The number of carbonyl (C=O) groups excluding carboxylic acids is 1. The fourth-order valence-electron chi connectivity index (χ4n) is 2.87. The van der Waals surface area contributed by atoms with E-state index >= 15 is 0 Å². The van der Waals surface area contributed by atoms with Crippen molar-refractivity contribution < 1.29 is 19.2 Å². The maximum Gasteiger partial charge on any atom is 0.315 e. The predicted octanol–water partition coefficient (Wildman–Crippen LogP) is 2.77. The number of benzene rings is 1. The maximum absolute atomic E-state index is 12.1. The molecule has 1 aromatic rings. The van der Waals surface area contributed by atoms with E-state index < -0.39 is 11.0 Å². The highest BCUT2D eigenvalue weighted by Gasteiger charge is 2.31. The summed E-state index contributed by atoms with van der Waals surface area (Å²) in [5.41, 5.74) is 1.34. The van der Waals surface area contributed by atoms with Crippen LogP contribution in [-0.2, 0) is 4.79 Å². The zero-order valence-electron chi connectivity index (χ0n) is 15.0. The molecular formula is C17H21N3O5S. The molecule has 1 heterocycles. The summed E-state index contributed by atoms with van der Waals surface area (Å²) in [5, 5.41) is 17.8. The first-order chi connectivity index (χ1) is 12.3. The number of nitro groups is 1. The summed E-state index contributed by atoms with van der Waals surface area (Å²) < 4.78 is 11.0. The van der Waals surface area contributed by atoms with E-state index in [9.17, 15) is 14.9 Å². The van der Waals surface area contributed by atoms with Crippen LogP contribution < -0.4 is 20.1 Å². The molecule has 1 aliphatic rings. The second-order valence-electron chi connectivity index (χ2n) is 5.62. The lowest BCUT2D eigenvalue weighted by atomic mass is 9.92. The van der Waals surface area contributed by atoms with Crippen molar-refractivity contribution in [3.63, 3.8) is 0 Å². The smallest absolute Gasteiger partial charge is 0.315 e. The van der Waals surface area contributed by atoms with E-state index in [-0.39, 0.29) is 29.6 Å². The van der Waals surface area contributed by atoms with Crippen LogP contribution in [-0.4, -0.2) is 29.0 Å². The Kier molecular flexibility index (Phi) is 6.14. The zero-order chi connectivity index (χ0) is 19.4. The Morgan fingerprint density at radius 1 is 1.31 bits per heavy atom. The lowest BCUT2D eigenvalue weighted by Gasteiger charge is -2.30. The number of carbonyl (C=O) groups is 1. The van der Waals surface area contributed by atoms with Gasteiger partial charge < -0.3 is 20.1 Å². The Morgan fingerprint density at radius 2 is 1.96 bits per heavy atom. The molecule has 0 aromatic heterocycles. The topological polar surface area (TPSA) is 103 Å². The lowest BCUT2D eigenvalue weighted by molar-refractivity contribution is -0.386. The second kappa shape index (κ2) is 8.13. The van der Waals surface area contributed by atoms with Gasteiger partial charge in [-0.2, -0.15) is 0 Å². The van der Waals surface area contributed by atoms with Crippen molar-refractivity contribution >= 4 is 28.8 Å². The summed E-state index contributed by atoms with van der Waals surface area (Å²) in [5.74, 6) is 0.166. The van der Waals surface area contributed by atoms with Gasteiger partial charge >= 0.3 is 5.69 Å². The van der Waals surface area contributed by atoms with Gasteiger partial charge in [-0.25, -0.2) is 0 Å². The average Bonchev–Trinajstić information content (AvgIpc) is 2.55. The molecule has 2 rings (SSSR count). The number of allylic oxidation sites excluding steroid dienone is 1. The molecule has 1 aliphatic heterocycles. The molecular weight excluding hydrogens is 358 g/mol. The van der Waals surface area contributed by atoms with Crippen LogP contribution >= 0.6 is 12.2 Å². The summed E-state index contributed by atoms with van der Waals surface area (Å²) in [6.07, 6.45) is 0. The van der Waals surface area contributed by atoms with Gasteiger partial charge in [0.15, 0.2) is 16.6 Å². The fraction of sp³-hybridized carbons (Fsp3) is 0.412. The molecule has 0 amide bonds. The SMILES string of the molecule is CCOc1cc(C2NC(=S)NC(C)=C2C(C)=O)cc([N+](=O)[O-])c1OCC. The fourth-order valence-corrected chi connectivity index (χ4v) is 3.14. The molecule has 1 aromatic carbocycles. The number of hydrogen-bond acceptors (Lipinski definition) is 6. The molecule has 9 heteroatoms. The lowest BCUT2D eigenvalue weighted by Crippen LogP contribution is -2.44. The second-order valence-corrected chi connectivity index (χ2v) is 6.03. The van der Waals surface area contributed by atoms with E-state index in [4.69, 9.17) is 21.7 Å². The van der Waals surface area contributed by atoms with Crippen LogP contribution in [0, 0.1) is 10.1 Å². The van der Waals surface area contributed by atoms with Gasteiger partial charge in [0.2, 0.25) is 5.75 Å². The van der Waals surface area contributed by atoms with Gasteiger partial charge in [-0.05, 0) is 51.5 Å². The third-order valence-electron chi connectivity index (χ3n) is 3.82. The molecule has 2 N–H and O–H groups in total. The summed E-state index contributed by atoms with van der Waals surface area (Å²) in [6, 6.07) is 2.41. The van der Waals surface area contributed by atoms with E-state index in [1.54, 1.807) is 26.8 Å². The molecule has 140 valence electrons. The van der Waals surface area contributed by atoms with Crippen molar-refractivity contribution in [3.05, 3.63) is 39.1 Å². The first kappa shape index (κ1) is 19.6. The van der Waals surface area contributed by atoms with Gasteiger partial charge in [-0.3, -0.25) is 14.9 Å². The molecule has 0 saturated carbocycles. The number of Topliss-reactive ketones (excluding diaryl/α,β-unsaturated/α-hetero) is 1. The highest BCUT2D eigenvalue weighted by Crippen LogP contribution is 2.41. The quantitative estimate of drug-likeness (QED) is 0.423. The van der Waals surface area contributed by atoms with Crippen LogP contribution in [0.25, 0.3) is 0 Å². The van der Waals surface area contributed by atoms with Crippen molar-refractivity contribution in [1.82, 2.24) is 10.6 Å². The van der Waals surface area contributed by atoms with Crippen LogP contribution in [0.4, 0.5) is 5.69 Å². The van der Waals surface area contributed by atoms with Gasteiger partial charge in [0.05, 0.1) is 24.2 Å². The number of thiocarbonyl (C=S) groups is 1. The van der Waals surface area contributed by atoms with E-state index in [1.807, 2.05) is 0 Å². The highest BCUT2D eigenvalue weighted by molar-refractivity contribution is 7.80. The molecule has 0 aliphatic carbocycles. The van der Waals surface area contributed by atoms with Gasteiger partial charge in [-0.1, -0.05) is 0 Å². The number of ether oxygens (including phenoxy) is 2. The molecule has 0 bridgehead atoms. The van der Waals surface area contributed by atoms with Crippen molar-refractivity contribution in [2.24, 2.45) is 0 Å². The Bertz CT molecular complexity index is 791. The van der Waals surface area contributed by atoms with Crippen molar-refractivity contribution in [3.8, 4) is 11.5 Å². The van der Waals surface area contributed by atoms with Crippen molar-refractivity contribution in [1.29, 1.82) is 0 Å². The Balaban J connectivity index is 2.68. The molecule has 1 atom stereocenters. The average molecular weight is 379 g/mol. The van der Waals surface area contributed by atoms with E-state index in [1.165, 1.54) is 13.0 Å². The van der Waals surface area contributed by atoms with Gasteiger partial charge in [-0.15, -0.1) is 0 Å². The normalized spacial score (nSPS) is 16.6. The van der Waals surface area contributed by atoms with Gasteiger partial charge in [0.25, 0.3) is 0 Å². The third-order valence-corrected chi connectivity index (χ3v) is 4.04. The standard InChI is InChI=1S/C17H21N3O5S/c1-5-24-13-8-11(7-12(20(22)23)16(13)25-6-2)15-14(10(4)21)9(3)18-17(26)19-15/h7-8,15H,5-6H2,1-4H3,(H2,18,19,26). The first-order valence-electron chi connectivity index (χ1n) is 8.17. The number of rotatable bonds is 7. The monoisotopic (exact) mass is 379 g/mol. The number of nitro benzene ring substituents is 1. The predicted molar refractivity (Wildman–Crippen MR) is 100 cm³/mol. The van der Waals surface area contributed by atoms with Crippen LogP contribution in [0.2, 0.25) is 0 Å². The first-order valence-corrected chi connectivity index (χ1v) is 8.58. The molecule has 26 heavy (non-hydrogen) atoms. The third kappa shape index (κ3) is 3.93. The molecule has 0 fully saturated rings. The molecule has 8 nitrogen and oxygen atoms in total. The minimum Gasteiger partial charge on any atom is -0.490 e. The summed E-state index contributed by atoms with van der Waals surface area (Å²) in [7, 11) is 0. The van der Waals surface area contributed by atoms with E-state index in [0.29, 0.717) is 28.6 Å². The summed E-state index contributed by atoms with van der Waals surface area (Å²) >= 11 is 5.18. The maximum atomic E-state index is 12.1.